The van der Waals surface area contributed by atoms with Crippen LogP contribution in [-0.2, 0) is 9.53 Å². The maximum Gasteiger partial charge on any atom is 0.277 e. The van der Waals surface area contributed by atoms with E-state index >= 15 is 0 Å². The van der Waals surface area contributed by atoms with Gasteiger partial charge in [0.2, 0.25) is 0 Å². The molecule has 0 spiro atoms. The lowest BCUT2D eigenvalue weighted by Crippen LogP contribution is -3.16. The standard InChI is InChI=1S/C19H29N3O3/c1-15-12-20(13-16(2)25-15)14-19(23)22-10-8-21(9-11-22)17-4-6-18(24-3)7-5-17/h4-7,15-16H,8-14H2,1-3H3/p+1/t15-,16-/m1/s1. The van der Waals surface area contributed by atoms with Crippen molar-refractivity contribution in [1.29, 1.82) is 0 Å². The SMILES string of the molecule is COc1ccc(N2CCN(C(=O)C[NH+]3C[C@@H](C)O[C@H](C)C3)CC2)cc1. The van der Waals surface area contributed by atoms with E-state index in [4.69, 9.17) is 9.47 Å². The van der Waals surface area contributed by atoms with Crippen molar-refractivity contribution in [2.24, 2.45) is 0 Å². The number of rotatable bonds is 4. The minimum atomic E-state index is 0.235. The molecule has 2 aliphatic rings. The second-order valence-electron chi connectivity index (χ2n) is 7.16. The number of nitrogens with one attached hydrogen (secondary N) is 1. The van der Waals surface area contributed by atoms with Crippen LogP contribution in [0.1, 0.15) is 13.8 Å². The Bertz CT molecular complexity index is 560. The lowest BCUT2D eigenvalue weighted by atomic mass is 10.2. The van der Waals surface area contributed by atoms with E-state index in [1.165, 1.54) is 10.6 Å². The predicted octanol–water partition coefficient (Wildman–Crippen LogP) is 0.0359. The van der Waals surface area contributed by atoms with Crippen LogP contribution in [0.15, 0.2) is 24.3 Å². The van der Waals surface area contributed by atoms with E-state index in [1.807, 2.05) is 17.0 Å². The maximum absolute atomic E-state index is 12.6. The van der Waals surface area contributed by atoms with E-state index in [1.54, 1.807) is 7.11 Å². The summed E-state index contributed by atoms with van der Waals surface area (Å²) in [6.45, 7) is 9.94. The summed E-state index contributed by atoms with van der Waals surface area (Å²) in [5.41, 5.74) is 1.19. The second kappa shape index (κ2) is 8.06. The number of hydrogen-bond acceptors (Lipinski definition) is 4. The van der Waals surface area contributed by atoms with E-state index in [0.29, 0.717) is 6.54 Å². The van der Waals surface area contributed by atoms with Gasteiger partial charge in [0, 0.05) is 31.9 Å². The quantitative estimate of drug-likeness (QED) is 0.834. The zero-order chi connectivity index (χ0) is 17.8. The molecule has 2 fully saturated rings. The highest BCUT2D eigenvalue weighted by Gasteiger charge is 2.30. The second-order valence-corrected chi connectivity index (χ2v) is 7.16. The van der Waals surface area contributed by atoms with Crippen LogP contribution >= 0.6 is 0 Å². The molecular weight excluding hydrogens is 318 g/mol. The van der Waals surface area contributed by atoms with Crippen LogP contribution < -0.4 is 14.5 Å². The number of methoxy groups -OCH3 is 1. The highest BCUT2D eigenvalue weighted by Crippen LogP contribution is 2.20. The summed E-state index contributed by atoms with van der Waals surface area (Å²) in [7, 11) is 1.68. The Morgan fingerprint density at radius 3 is 2.28 bits per heavy atom. The third kappa shape index (κ3) is 4.64. The molecule has 1 amide bonds. The number of carbonyl (C=O) groups excluding carboxylic acids is 1. The number of quaternary nitrogens is 1. The van der Waals surface area contributed by atoms with E-state index in [9.17, 15) is 4.79 Å². The van der Waals surface area contributed by atoms with Crippen molar-refractivity contribution >= 4 is 11.6 Å². The molecule has 1 aromatic rings. The molecule has 6 nitrogen and oxygen atoms in total. The molecular formula is C19H30N3O3+. The van der Waals surface area contributed by atoms with Gasteiger partial charge in [0.15, 0.2) is 6.54 Å². The molecule has 25 heavy (non-hydrogen) atoms. The molecule has 3 rings (SSSR count). The van der Waals surface area contributed by atoms with Gasteiger partial charge in [-0.25, -0.2) is 0 Å². The third-order valence-electron chi connectivity index (χ3n) is 5.09. The minimum absolute atomic E-state index is 0.235. The molecule has 2 heterocycles. The van der Waals surface area contributed by atoms with Crippen LogP contribution in [0.25, 0.3) is 0 Å². The van der Waals surface area contributed by atoms with Crippen LogP contribution in [0, 0.1) is 0 Å². The zero-order valence-corrected chi connectivity index (χ0v) is 15.5. The minimum Gasteiger partial charge on any atom is -0.497 e. The molecule has 0 aromatic heterocycles. The molecule has 0 radical (unpaired) electrons. The number of anilines is 1. The first-order chi connectivity index (χ1) is 12.0. The van der Waals surface area contributed by atoms with E-state index in [2.05, 4.69) is 30.9 Å². The van der Waals surface area contributed by atoms with E-state index in [0.717, 1.165) is 45.0 Å². The molecule has 138 valence electrons. The van der Waals surface area contributed by atoms with Gasteiger partial charge in [-0.05, 0) is 38.1 Å². The van der Waals surface area contributed by atoms with Crippen molar-refractivity contribution in [3.63, 3.8) is 0 Å². The Morgan fingerprint density at radius 2 is 1.72 bits per heavy atom. The number of carbonyl (C=O) groups is 1. The fourth-order valence-corrected chi connectivity index (χ4v) is 3.87. The number of ether oxygens (including phenoxy) is 2. The van der Waals surface area contributed by atoms with Crippen LogP contribution in [-0.4, -0.2) is 75.9 Å². The summed E-state index contributed by atoms with van der Waals surface area (Å²) in [6.07, 6.45) is 0.469. The van der Waals surface area contributed by atoms with Gasteiger partial charge < -0.3 is 24.2 Å². The van der Waals surface area contributed by atoms with Crippen LogP contribution in [0.4, 0.5) is 5.69 Å². The van der Waals surface area contributed by atoms with Crippen LogP contribution in [0.2, 0.25) is 0 Å². The van der Waals surface area contributed by atoms with Crippen molar-refractivity contribution in [1.82, 2.24) is 4.90 Å². The number of benzene rings is 1. The molecule has 2 atom stereocenters. The summed E-state index contributed by atoms with van der Waals surface area (Å²) in [5.74, 6) is 1.14. The number of amides is 1. The van der Waals surface area contributed by atoms with Crippen molar-refractivity contribution < 1.29 is 19.2 Å². The Balaban J connectivity index is 1.48. The molecule has 1 N–H and O–H groups in total. The number of hydrogen-bond donors (Lipinski definition) is 1. The smallest absolute Gasteiger partial charge is 0.277 e. The van der Waals surface area contributed by atoms with E-state index in [-0.39, 0.29) is 18.1 Å². The normalized spacial score (nSPS) is 27.2. The van der Waals surface area contributed by atoms with Crippen molar-refractivity contribution in [2.75, 3.05) is 57.8 Å². The Hall–Kier alpha value is -1.79. The first-order valence-electron chi connectivity index (χ1n) is 9.21. The zero-order valence-electron chi connectivity index (χ0n) is 15.5. The predicted molar refractivity (Wildman–Crippen MR) is 97.4 cm³/mol. The van der Waals surface area contributed by atoms with E-state index < -0.39 is 0 Å². The third-order valence-corrected chi connectivity index (χ3v) is 5.09. The Kier molecular flexibility index (Phi) is 5.81. The topological polar surface area (TPSA) is 46.5 Å². The van der Waals surface area contributed by atoms with Gasteiger partial charge in [-0.3, -0.25) is 4.79 Å². The van der Waals surface area contributed by atoms with Gasteiger partial charge >= 0.3 is 0 Å². The summed E-state index contributed by atoms with van der Waals surface area (Å²) in [6, 6.07) is 8.13. The Labute approximate surface area is 150 Å². The van der Waals surface area contributed by atoms with Gasteiger partial charge in [-0.2, -0.15) is 0 Å². The summed E-state index contributed by atoms with van der Waals surface area (Å²) in [4.78, 5) is 18.3. The average Bonchev–Trinajstić information content (AvgIpc) is 2.61. The van der Waals surface area contributed by atoms with Crippen molar-refractivity contribution in [3.8, 4) is 5.75 Å². The lowest BCUT2D eigenvalue weighted by molar-refractivity contribution is -0.907. The number of morpholine rings is 1. The van der Waals surface area contributed by atoms with Gasteiger partial charge in [0.25, 0.3) is 5.91 Å². The number of nitrogens with zero attached hydrogens (tertiary/aromatic N) is 2. The maximum atomic E-state index is 12.6. The molecule has 6 heteroatoms. The van der Waals surface area contributed by atoms with Crippen LogP contribution in [0.5, 0.6) is 5.75 Å². The van der Waals surface area contributed by atoms with Crippen LogP contribution in [0.3, 0.4) is 0 Å². The molecule has 0 bridgehead atoms. The summed E-state index contributed by atoms with van der Waals surface area (Å²) in [5, 5.41) is 0. The largest absolute Gasteiger partial charge is 0.497 e. The monoisotopic (exact) mass is 348 g/mol. The van der Waals surface area contributed by atoms with Gasteiger partial charge in [-0.15, -0.1) is 0 Å². The van der Waals surface area contributed by atoms with Crippen molar-refractivity contribution in [3.05, 3.63) is 24.3 Å². The van der Waals surface area contributed by atoms with Crippen molar-refractivity contribution in [2.45, 2.75) is 26.1 Å². The van der Waals surface area contributed by atoms with Gasteiger partial charge in [0.05, 0.1) is 7.11 Å². The Morgan fingerprint density at radius 1 is 1.12 bits per heavy atom. The summed E-state index contributed by atoms with van der Waals surface area (Å²) < 4.78 is 11.0. The van der Waals surface area contributed by atoms with Gasteiger partial charge in [0.1, 0.15) is 31.0 Å². The average molecular weight is 348 g/mol. The first kappa shape index (κ1) is 18.0. The lowest BCUT2D eigenvalue weighted by Gasteiger charge is -2.37. The first-order valence-corrected chi connectivity index (χ1v) is 9.21. The van der Waals surface area contributed by atoms with Gasteiger partial charge in [-0.1, -0.05) is 0 Å². The highest BCUT2D eigenvalue weighted by molar-refractivity contribution is 5.77. The number of piperazine rings is 1. The molecule has 2 aliphatic heterocycles. The summed E-state index contributed by atoms with van der Waals surface area (Å²) >= 11 is 0. The molecule has 1 aromatic carbocycles. The fraction of sp³-hybridized carbons (Fsp3) is 0.632. The molecule has 2 saturated heterocycles. The fourth-order valence-electron chi connectivity index (χ4n) is 3.87. The molecule has 0 saturated carbocycles. The highest BCUT2D eigenvalue weighted by atomic mass is 16.5. The molecule has 0 aliphatic carbocycles. The molecule has 0 unspecified atom stereocenters.